The minimum absolute atomic E-state index is 1.09. The van der Waals surface area contributed by atoms with Crippen LogP contribution >= 0.6 is 0 Å². The van der Waals surface area contributed by atoms with E-state index in [1.807, 2.05) is 12.1 Å². The molecular weight excluding hydrogens is 290 g/mol. The lowest BCUT2D eigenvalue weighted by Crippen LogP contribution is -1.97. The molecule has 24 heavy (non-hydrogen) atoms. The van der Waals surface area contributed by atoms with Crippen LogP contribution in [0, 0.1) is 6.07 Å². The van der Waals surface area contributed by atoms with Crippen LogP contribution in [0.3, 0.4) is 0 Å². The molecule has 0 amide bonds. The highest BCUT2D eigenvalue weighted by Crippen LogP contribution is 2.32. The molecule has 1 radical (unpaired) electrons. The van der Waals surface area contributed by atoms with Crippen molar-refractivity contribution < 1.29 is 0 Å². The summed E-state index contributed by atoms with van der Waals surface area (Å²) in [6.45, 7) is 3.35. The Balaban J connectivity index is 1.89. The fraction of sp³-hybridized carbons (Fsp3) is 0.217. The SMILES string of the molecule is CCCCCn1c2ccccc2c2cc(-c3cc[c]cc3)ccc21. The van der Waals surface area contributed by atoms with Crippen LogP contribution in [0.15, 0.2) is 66.7 Å². The second-order valence-corrected chi connectivity index (χ2v) is 6.40. The summed E-state index contributed by atoms with van der Waals surface area (Å²) in [5.74, 6) is 0. The number of para-hydroxylation sites is 1. The van der Waals surface area contributed by atoms with E-state index in [1.54, 1.807) is 0 Å². The smallest absolute Gasteiger partial charge is 0.0491 e. The standard InChI is InChI=1S/C23H22N/c1-2-3-9-16-24-22-13-8-7-12-20(22)21-17-19(14-15-23(21)24)18-10-5-4-6-11-18/h5-8,10-15,17H,2-3,9,16H2,1H3. The summed E-state index contributed by atoms with van der Waals surface area (Å²) in [5, 5.41) is 2.71. The van der Waals surface area contributed by atoms with Gasteiger partial charge in [-0.3, -0.25) is 0 Å². The van der Waals surface area contributed by atoms with E-state index in [2.05, 4.69) is 72.2 Å². The number of aromatic nitrogens is 1. The van der Waals surface area contributed by atoms with Crippen molar-refractivity contribution in [1.29, 1.82) is 0 Å². The number of nitrogens with zero attached hydrogens (tertiary/aromatic N) is 1. The molecule has 0 aliphatic carbocycles. The molecular formula is C23H22N. The minimum atomic E-state index is 1.09. The summed E-state index contributed by atoms with van der Waals surface area (Å²) in [5.41, 5.74) is 5.21. The highest BCUT2D eigenvalue weighted by Gasteiger charge is 2.11. The average Bonchev–Trinajstić information content (AvgIpc) is 2.96. The van der Waals surface area contributed by atoms with Gasteiger partial charge in [0.05, 0.1) is 0 Å². The van der Waals surface area contributed by atoms with Gasteiger partial charge in [-0.2, -0.15) is 0 Å². The molecule has 0 saturated heterocycles. The van der Waals surface area contributed by atoms with E-state index < -0.39 is 0 Å². The Labute approximate surface area is 143 Å². The van der Waals surface area contributed by atoms with E-state index in [4.69, 9.17) is 0 Å². The second kappa shape index (κ2) is 6.52. The maximum absolute atomic E-state index is 3.10. The summed E-state index contributed by atoms with van der Waals surface area (Å²) in [4.78, 5) is 0. The van der Waals surface area contributed by atoms with Gasteiger partial charge in [-0.05, 0) is 41.8 Å². The van der Waals surface area contributed by atoms with E-state index in [1.165, 1.54) is 52.2 Å². The second-order valence-electron chi connectivity index (χ2n) is 6.40. The van der Waals surface area contributed by atoms with E-state index in [0.29, 0.717) is 0 Å². The normalized spacial score (nSPS) is 11.4. The molecule has 119 valence electrons. The van der Waals surface area contributed by atoms with Crippen LogP contribution in [0.4, 0.5) is 0 Å². The molecule has 1 heteroatoms. The molecule has 1 aromatic heterocycles. The van der Waals surface area contributed by atoms with Crippen molar-refractivity contribution >= 4 is 21.8 Å². The molecule has 4 rings (SSSR count). The van der Waals surface area contributed by atoms with Crippen LogP contribution in [-0.4, -0.2) is 4.57 Å². The molecule has 0 aliphatic heterocycles. The van der Waals surface area contributed by atoms with Crippen molar-refractivity contribution in [1.82, 2.24) is 4.57 Å². The van der Waals surface area contributed by atoms with Gasteiger partial charge in [0.1, 0.15) is 0 Å². The summed E-state index contributed by atoms with van der Waals surface area (Å²) in [7, 11) is 0. The third-order valence-electron chi connectivity index (χ3n) is 4.81. The lowest BCUT2D eigenvalue weighted by Gasteiger charge is -2.07. The van der Waals surface area contributed by atoms with E-state index in [9.17, 15) is 0 Å². The maximum atomic E-state index is 3.10. The van der Waals surface area contributed by atoms with Crippen LogP contribution < -0.4 is 0 Å². The number of rotatable bonds is 5. The van der Waals surface area contributed by atoms with Crippen LogP contribution in [0.1, 0.15) is 26.2 Å². The molecule has 0 saturated carbocycles. The first-order chi connectivity index (χ1) is 11.9. The quantitative estimate of drug-likeness (QED) is 0.373. The zero-order valence-corrected chi connectivity index (χ0v) is 14.1. The fourth-order valence-electron chi connectivity index (χ4n) is 3.57. The number of aryl methyl sites for hydroxylation is 1. The Morgan fingerprint density at radius 3 is 2.42 bits per heavy atom. The molecule has 1 heterocycles. The predicted molar refractivity (Wildman–Crippen MR) is 103 cm³/mol. The number of hydrogen-bond donors (Lipinski definition) is 0. The van der Waals surface area contributed by atoms with Crippen molar-refractivity contribution in [3.05, 3.63) is 72.8 Å². The summed E-state index contributed by atoms with van der Waals surface area (Å²) in [6.07, 6.45) is 3.78. The van der Waals surface area contributed by atoms with Crippen molar-refractivity contribution in [2.45, 2.75) is 32.7 Å². The van der Waals surface area contributed by atoms with Gasteiger partial charge in [0.15, 0.2) is 0 Å². The average molecular weight is 312 g/mol. The Morgan fingerprint density at radius 1 is 0.792 bits per heavy atom. The van der Waals surface area contributed by atoms with Crippen LogP contribution in [0.5, 0.6) is 0 Å². The molecule has 0 unspecified atom stereocenters. The lowest BCUT2D eigenvalue weighted by molar-refractivity contribution is 0.627. The predicted octanol–water partition coefficient (Wildman–Crippen LogP) is 6.45. The molecule has 1 nitrogen and oxygen atoms in total. The van der Waals surface area contributed by atoms with Gasteiger partial charge in [-0.1, -0.05) is 68.3 Å². The molecule has 3 aromatic carbocycles. The first-order valence-corrected chi connectivity index (χ1v) is 8.86. The van der Waals surface area contributed by atoms with Crippen LogP contribution in [0.2, 0.25) is 0 Å². The highest BCUT2D eigenvalue weighted by atomic mass is 15.0. The Bertz CT molecular complexity index is 963. The number of hydrogen-bond acceptors (Lipinski definition) is 0. The van der Waals surface area contributed by atoms with E-state index in [-0.39, 0.29) is 0 Å². The van der Waals surface area contributed by atoms with Crippen LogP contribution in [0.25, 0.3) is 32.9 Å². The van der Waals surface area contributed by atoms with Crippen molar-refractivity contribution in [3.63, 3.8) is 0 Å². The number of benzene rings is 3. The van der Waals surface area contributed by atoms with Crippen molar-refractivity contribution in [2.24, 2.45) is 0 Å². The largest absolute Gasteiger partial charge is 0.340 e. The van der Waals surface area contributed by atoms with Gasteiger partial charge in [0.25, 0.3) is 0 Å². The maximum Gasteiger partial charge on any atom is 0.0491 e. The van der Waals surface area contributed by atoms with E-state index >= 15 is 0 Å². The van der Waals surface area contributed by atoms with Gasteiger partial charge < -0.3 is 4.57 Å². The van der Waals surface area contributed by atoms with Crippen LogP contribution in [-0.2, 0) is 6.54 Å². The Morgan fingerprint density at radius 2 is 1.58 bits per heavy atom. The monoisotopic (exact) mass is 312 g/mol. The highest BCUT2D eigenvalue weighted by molar-refractivity contribution is 6.09. The molecule has 0 fully saturated rings. The third kappa shape index (κ3) is 2.60. The summed E-state index contributed by atoms with van der Waals surface area (Å²) < 4.78 is 2.49. The third-order valence-corrected chi connectivity index (χ3v) is 4.81. The summed E-state index contributed by atoms with van der Waals surface area (Å²) >= 11 is 0. The van der Waals surface area contributed by atoms with Gasteiger partial charge in [-0.15, -0.1) is 0 Å². The fourth-order valence-corrected chi connectivity index (χ4v) is 3.57. The Hall–Kier alpha value is -2.54. The lowest BCUT2D eigenvalue weighted by atomic mass is 10.0. The van der Waals surface area contributed by atoms with Gasteiger partial charge in [-0.25, -0.2) is 0 Å². The molecule has 0 spiro atoms. The zero-order chi connectivity index (χ0) is 16.4. The molecule has 0 aliphatic rings. The summed E-state index contributed by atoms with van der Waals surface area (Å²) in [6, 6.07) is 27.0. The first kappa shape index (κ1) is 15.0. The minimum Gasteiger partial charge on any atom is -0.340 e. The molecule has 4 aromatic rings. The Kier molecular flexibility index (Phi) is 4.08. The van der Waals surface area contributed by atoms with Crippen molar-refractivity contribution in [3.8, 4) is 11.1 Å². The number of fused-ring (bicyclic) bond motifs is 3. The molecule has 0 bridgehead atoms. The molecule has 0 N–H and O–H groups in total. The zero-order valence-electron chi connectivity index (χ0n) is 14.1. The topological polar surface area (TPSA) is 4.93 Å². The van der Waals surface area contributed by atoms with Gasteiger partial charge in [0, 0.05) is 28.4 Å². The number of unbranched alkanes of at least 4 members (excludes halogenated alkanes) is 2. The first-order valence-electron chi connectivity index (χ1n) is 8.86. The van der Waals surface area contributed by atoms with Gasteiger partial charge >= 0.3 is 0 Å². The van der Waals surface area contributed by atoms with Gasteiger partial charge in [0.2, 0.25) is 0 Å². The van der Waals surface area contributed by atoms with Crippen molar-refractivity contribution in [2.75, 3.05) is 0 Å². The van der Waals surface area contributed by atoms with E-state index in [0.717, 1.165) is 6.54 Å². The molecule has 0 atom stereocenters.